The Hall–Kier alpha value is -1.59. The maximum Gasteiger partial charge on any atom is 0.225 e. The van der Waals surface area contributed by atoms with Crippen LogP contribution < -0.4 is 15.8 Å². The lowest BCUT2D eigenvalue weighted by Gasteiger charge is -2.29. The zero-order chi connectivity index (χ0) is 17.3. The highest BCUT2D eigenvalue weighted by Crippen LogP contribution is 2.47. The van der Waals surface area contributed by atoms with Crippen molar-refractivity contribution in [3.8, 4) is 5.75 Å². The smallest absolute Gasteiger partial charge is 0.225 e. The summed E-state index contributed by atoms with van der Waals surface area (Å²) in [5.74, 6) is 2.00. The largest absolute Gasteiger partial charge is 0.497 e. The highest BCUT2D eigenvalue weighted by Gasteiger charge is 2.49. The summed E-state index contributed by atoms with van der Waals surface area (Å²) in [5, 5.41) is 3.16. The fourth-order valence-electron chi connectivity index (χ4n) is 4.49. The van der Waals surface area contributed by atoms with Gasteiger partial charge in [-0.2, -0.15) is 0 Å². The standard InChI is InChI=1S/C19H29N3O2/c1-22(2)16(12-5-4-6-15(10-12)24-3)11-21-19(23)17-13-7-8-14(9-13)18(17)20/h4-6,10,13-14,16-18H,7-9,11,20H2,1-3H3,(H,21,23). The van der Waals surface area contributed by atoms with E-state index < -0.39 is 0 Å². The van der Waals surface area contributed by atoms with Crippen molar-refractivity contribution >= 4 is 5.91 Å². The van der Waals surface area contributed by atoms with Crippen LogP contribution in [0.5, 0.6) is 5.75 Å². The number of methoxy groups -OCH3 is 1. The Kier molecular flexibility index (Phi) is 5.11. The molecule has 0 aliphatic heterocycles. The first-order valence-electron chi connectivity index (χ1n) is 8.85. The van der Waals surface area contributed by atoms with Gasteiger partial charge in [0.15, 0.2) is 0 Å². The first-order chi connectivity index (χ1) is 11.5. The van der Waals surface area contributed by atoms with E-state index in [4.69, 9.17) is 10.5 Å². The van der Waals surface area contributed by atoms with Crippen LogP contribution in [0.4, 0.5) is 0 Å². The second-order valence-corrected chi connectivity index (χ2v) is 7.44. The topological polar surface area (TPSA) is 67.6 Å². The van der Waals surface area contributed by atoms with Crippen LogP contribution in [0, 0.1) is 17.8 Å². The van der Waals surface area contributed by atoms with E-state index >= 15 is 0 Å². The Bertz CT molecular complexity index is 588. The molecule has 2 saturated carbocycles. The number of likely N-dealkylation sites (N-methyl/N-ethyl adjacent to an activating group) is 1. The number of carbonyl (C=O) groups excluding carboxylic acids is 1. The molecule has 5 unspecified atom stereocenters. The van der Waals surface area contributed by atoms with Gasteiger partial charge in [0.2, 0.25) is 5.91 Å². The summed E-state index contributed by atoms with van der Waals surface area (Å²) in [6.07, 6.45) is 3.48. The third kappa shape index (κ3) is 3.28. The lowest BCUT2D eigenvalue weighted by atomic mass is 9.84. The zero-order valence-electron chi connectivity index (χ0n) is 14.9. The van der Waals surface area contributed by atoms with E-state index in [9.17, 15) is 4.79 Å². The summed E-state index contributed by atoms with van der Waals surface area (Å²) in [4.78, 5) is 14.8. The predicted octanol–water partition coefficient (Wildman–Crippen LogP) is 1.79. The SMILES string of the molecule is COc1cccc(C(CNC(=O)C2C3CCC(C3)C2N)N(C)C)c1. The van der Waals surface area contributed by atoms with Crippen LogP contribution in [-0.2, 0) is 4.79 Å². The number of benzene rings is 1. The molecule has 2 bridgehead atoms. The van der Waals surface area contributed by atoms with Gasteiger partial charge in [0, 0.05) is 12.6 Å². The first kappa shape index (κ1) is 17.2. The van der Waals surface area contributed by atoms with Crippen LogP contribution in [0.15, 0.2) is 24.3 Å². The molecule has 24 heavy (non-hydrogen) atoms. The van der Waals surface area contributed by atoms with Crippen LogP contribution >= 0.6 is 0 Å². The van der Waals surface area contributed by atoms with Crippen molar-refractivity contribution < 1.29 is 9.53 Å². The maximum atomic E-state index is 12.7. The van der Waals surface area contributed by atoms with Gasteiger partial charge in [-0.1, -0.05) is 12.1 Å². The van der Waals surface area contributed by atoms with E-state index in [1.807, 2.05) is 32.3 Å². The van der Waals surface area contributed by atoms with Crippen LogP contribution in [0.25, 0.3) is 0 Å². The fourth-order valence-corrected chi connectivity index (χ4v) is 4.49. The third-order valence-corrected chi connectivity index (χ3v) is 5.85. The molecule has 3 N–H and O–H groups in total. The minimum Gasteiger partial charge on any atom is -0.497 e. The summed E-state index contributed by atoms with van der Waals surface area (Å²) in [5.41, 5.74) is 7.43. The van der Waals surface area contributed by atoms with Crippen molar-refractivity contribution in [2.45, 2.75) is 31.3 Å². The Labute approximate surface area is 144 Å². The van der Waals surface area contributed by atoms with Crippen LogP contribution in [0.3, 0.4) is 0 Å². The van der Waals surface area contributed by atoms with Crippen molar-refractivity contribution in [2.75, 3.05) is 27.7 Å². The van der Waals surface area contributed by atoms with E-state index in [1.165, 1.54) is 6.42 Å². The molecule has 1 aromatic rings. The molecular weight excluding hydrogens is 302 g/mol. The zero-order valence-corrected chi connectivity index (χ0v) is 14.9. The highest BCUT2D eigenvalue weighted by atomic mass is 16.5. The van der Waals surface area contributed by atoms with E-state index in [1.54, 1.807) is 7.11 Å². The van der Waals surface area contributed by atoms with Crippen molar-refractivity contribution in [1.29, 1.82) is 0 Å². The number of nitrogens with two attached hydrogens (primary N) is 1. The Morgan fingerprint density at radius 2 is 2.12 bits per heavy atom. The van der Waals surface area contributed by atoms with Crippen LogP contribution in [0.1, 0.15) is 30.9 Å². The number of fused-ring (bicyclic) bond motifs is 2. The fraction of sp³-hybridized carbons (Fsp3) is 0.632. The van der Waals surface area contributed by atoms with Gasteiger partial charge in [-0.05, 0) is 62.9 Å². The summed E-state index contributed by atoms with van der Waals surface area (Å²) in [6, 6.07) is 8.17. The highest BCUT2D eigenvalue weighted by molar-refractivity contribution is 5.80. The normalized spacial score (nSPS) is 29.7. The number of ether oxygens (including phenoxy) is 1. The number of nitrogens with zero attached hydrogens (tertiary/aromatic N) is 1. The predicted molar refractivity (Wildman–Crippen MR) is 94.7 cm³/mol. The van der Waals surface area contributed by atoms with Crippen molar-refractivity contribution in [2.24, 2.45) is 23.5 Å². The molecule has 0 spiro atoms. The molecule has 5 atom stereocenters. The Morgan fingerprint density at radius 3 is 2.75 bits per heavy atom. The molecule has 5 heteroatoms. The van der Waals surface area contributed by atoms with Crippen molar-refractivity contribution in [1.82, 2.24) is 10.2 Å². The van der Waals surface area contributed by atoms with Crippen LogP contribution in [-0.4, -0.2) is 44.6 Å². The Balaban J connectivity index is 1.65. The molecule has 0 radical (unpaired) electrons. The molecule has 0 heterocycles. The molecule has 3 rings (SSSR count). The van der Waals surface area contributed by atoms with E-state index in [0.29, 0.717) is 18.4 Å². The van der Waals surface area contributed by atoms with Gasteiger partial charge in [0.1, 0.15) is 5.75 Å². The van der Waals surface area contributed by atoms with Gasteiger partial charge in [0.25, 0.3) is 0 Å². The lowest BCUT2D eigenvalue weighted by Crippen LogP contribution is -2.46. The monoisotopic (exact) mass is 331 g/mol. The first-order valence-corrected chi connectivity index (χ1v) is 8.85. The second-order valence-electron chi connectivity index (χ2n) is 7.44. The number of rotatable bonds is 6. The lowest BCUT2D eigenvalue weighted by molar-refractivity contribution is -0.127. The maximum absolute atomic E-state index is 12.7. The molecule has 2 aliphatic rings. The van der Waals surface area contributed by atoms with Crippen LogP contribution in [0.2, 0.25) is 0 Å². The average molecular weight is 331 g/mol. The molecule has 132 valence electrons. The summed E-state index contributed by atoms with van der Waals surface area (Å²) < 4.78 is 5.32. The number of hydrogen-bond acceptors (Lipinski definition) is 4. The number of nitrogens with one attached hydrogen (secondary N) is 1. The van der Waals surface area contributed by atoms with Gasteiger partial charge in [-0.3, -0.25) is 4.79 Å². The minimum atomic E-state index is -0.00290. The van der Waals surface area contributed by atoms with E-state index in [-0.39, 0.29) is 23.9 Å². The van der Waals surface area contributed by atoms with Gasteiger partial charge in [-0.15, -0.1) is 0 Å². The molecule has 1 amide bonds. The van der Waals surface area contributed by atoms with Crippen molar-refractivity contribution in [3.05, 3.63) is 29.8 Å². The quantitative estimate of drug-likeness (QED) is 0.834. The van der Waals surface area contributed by atoms with E-state index in [2.05, 4.69) is 16.3 Å². The van der Waals surface area contributed by atoms with Gasteiger partial charge in [-0.25, -0.2) is 0 Å². The number of carbonyl (C=O) groups is 1. The van der Waals surface area contributed by atoms with Gasteiger partial charge < -0.3 is 20.7 Å². The van der Waals surface area contributed by atoms with Gasteiger partial charge >= 0.3 is 0 Å². The molecule has 2 aliphatic carbocycles. The average Bonchev–Trinajstić information content (AvgIpc) is 3.15. The summed E-state index contributed by atoms with van der Waals surface area (Å²) in [6.45, 7) is 0.583. The minimum absolute atomic E-state index is 0.00290. The Morgan fingerprint density at radius 1 is 1.38 bits per heavy atom. The molecule has 5 nitrogen and oxygen atoms in total. The molecule has 0 saturated heterocycles. The van der Waals surface area contributed by atoms with Gasteiger partial charge in [0.05, 0.1) is 19.1 Å². The molecule has 0 aromatic heterocycles. The van der Waals surface area contributed by atoms with Crippen molar-refractivity contribution in [3.63, 3.8) is 0 Å². The number of amides is 1. The number of hydrogen-bond donors (Lipinski definition) is 2. The third-order valence-electron chi connectivity index (χ3n) is 5.85. The summed E-state index contributed by atoms with van der Waals surface area (Å²) in [7, 11) is 5.72. The molecular formula is C19H29N3O2. The van der Waals surface area contributed by atoms with E-state index in [0.717, 1.165) is 24.2 Å². The molecule has 1 aromatic carbocycles. The summed E-state index contributed by atoms with van der Waals surface area (Å²) >= 11 is 0. The molecule has 2 fully saturated rings. The second kappa shape index (κ2) is 7.11.